The number of nitrogens with one attached hydrogen (secondary N) is 1. The quantitative estimate of drug-likeness (QED) is 0.492. The van der Waals surface area contributed by atoms with Gasteiger partial charge in [0.25, 0.3) is 11.6 Å². The van der Waals surface area contributed by atoms with Gasteiger partial charge in [0, 0.05) is 6.07 Å². The molecule has 1 aliphatic heterocycles. The minimum absolute atomic E-state index is 0.0466. The van der Waals surface area contributed by atoms with Crippen molar-refractivity contribution in [1.29, 1.82) is 0 Å². The highest BCUT2D eigenvalue weighted by molar-refractivity contribution is 5.97. The van der Waals surface area contributed by atoms with Gasteiger partial charge in [-0.25, -0.2) is 0 Å². The summed E-state index contributed by atoms with van der Waals surface area (Å²) in [5, 5.41) is 13.4. The molecule has 1 N–H and O–H groups in total. The average molecular weight is 370 g/mol. The first-order chi connectivity index (χ1) is 13.0. The molecule has 0 saturated heterocycles. The maximum Gasteiger partial charge on any atom is 0.313 e. The van der Waals surface area contributed by atoms with Crippen LogP contribution in [0.5, 0.6) is 5.75 Å². The second-order valence-electron chi connectivity index (χ2n) is 6.16. The molecular weight excluding hydrogens is 352 g/mol. The van der Waals surface area contributed by atoms with Crippen LogP contribution in [-0.2, 0) is 20.7 Å². The van der Waals surface area contributed by atoms with Crippen molar-refractivity contribution in [3.63, 3.8) is 0 Å². The van der Waals surface area contributed by atoms with Crippen LogP contribution in [0.15, 0.2) is 48.5 Å². The molecule has 0 aliphatic carbocycles. The number of anilines is 1. The minimum Gasteiger partial charge on any atom is -0.492 e. The zero-order valence-electron chi connectivity index (χ0n) is 14.6. The van der Waals surface area contributed by atoms with Gasteiger partial charge in [-0.1, -0.05) is 30.3 Å². The monoisotopic (exact) mass is 370 g/mol. The number of nitro groups is 1. The van der Waals surface area contributed by atoms with Crippen LogP contribution in [0.4, 0.5) is 11.4 Å². The van der Waals surface area contributed by atoms with Crippen LogP contribution in [0.1, 0.15) is 12.5 Å². The van der Waals surface area contributed by atoms with Crippen molar-refractivity contribution in [2.75, 3.05) is 11.9 Å². The number of benzene rings is 2. The summed E-state index contributed by atoms with van der Waals surface area (Å²) in [6.07, 6.45) is -0.637. The Balaban J connectivity index is 1.60. The lowest BCUT2D eigenvalue weighted by molar-refractivity contribution is -0.383. The normalized spacial score (nSPS) is 16.4. The lowest BCUT2D eigenvalue weighted by Crippen LogP contribution is -2.36. The van der Waals surface area contributed by atoms with Crippen molar-refractivity contribution < 1.29 is 24.0 Å². The molecule has 0 aromatic heterocycles. The average Bonchev–Trinajstić information content (AvgIpc) is 2.67. The van der Waals surface area contributed by atoms with E-state index in [1.807, 2.05) is 24.3 Å². The third-order valence-corrected chi connectivity index (χ3v) is 4.23. The van der Waals surface area contributed by atoms with Crippen molar-refractivity contribution in [3.05, 3.63) is 64.2 Å². The standard InChI is InChI=1S/C19H18N2O6/c1-12(18(22)20-15-7-3-4-8-16(15)21(24)25)27-19(23)14-10-13-6-2-5-9-17(13)26-11-14/h2-9,12,14H,10-11H2,1H3,(H,20,22)/t12-,14-/m1/s1. The molecule has 0 bridgehead atoms. The summed E-state index contributed by atoms with van der Waals surface area (Å²) in [6, 6.07) is 13.2. The maximum absolute atomic E-state index is 12.4. The molecule has 0 radical (unpaired) electrons. The number of esters is 1. The van der Waals surface area contributed by atoms with Gasteiger partial charge in [0.15, 0.2) is 6.10 Å². The number of carbonyl (C=O) groups is 2. The van der Waals surface area contributed by atoms with Crippen molar-refractivity contribution in [2.45, 2.75) is 19.4 Å². The lowest BCUT2D eigenvalue weighted by atomic mass is 9.97. The highest BCUT2D eigenvalue weighted by Crippen LogP contribution is 2.28. The molecule has 0 saturated carbocycles. The molecule has 1 heterocycles. The van der Waals surface area contributed by atoms with E-state index >= 15 is 0 Å². The first-order valence-electron chi connectivity index (χ1n) is 8.41. The van der Waals surface area contributed by atoms with E-state index in [9.17, 15) is 19.7 Å². The van der Waals surface area contributed by atoms with Crippen LogP contribution in [-0.4, -0.2) is 29.5 Å². The second kappa shape index (κ2) is 7.86. The van der Waals surface area contributed by atoms with Gasteiger partial charge in [-0.15, -0.1) is 0 Å². The molecule has 2 atom stereocenters. The fraction of sp³-hybridized carbons (Fsp3) is 0.263. The number of rotatable bonds is 5. The number of amides is 1. The molecule has 1 amide bonds. The fourth-order valence-corrected chi connectivity index (χ4v) is 2.78. The number of hydrogen-bond donors (Lipinski definition) is 1. The van der Waals surface area contributed by atoms with Gasteiger partial charge in [0.05, 0.1) is 10.8 Å². The molecule has 2 aromatic carbocycles. The fourth-order valence-electron chi connectivity index (χ4n) is 2.78. The van der Waals surface area contributed by atoms with E-state index in [2.05, 4.69) is 5.32 Å². The second-order valence-corrected chi connectivity index (χ2v) is 6.16. The maximum atomic E-state index is 12.4. The molecule has 140 valence electrons. The Morgan fingerprint density at radius 1 is 1.22 bits per heavy atom. The number of para-hydroxylation sites is 3. The zero-order valence-corrected chi connectivity index (χ0v) is 14.6. The summed E-state index contributed by atoms with van der Waals surface area (Å²) >= 11 is 0. The summed E-state index contributed by atoms with van der Waals surface area (Å²) < 4.78 is 10.8. The minimum atomic E-state index is -1.10. The number of nitrogens with zero attached hydrogens (tertiary/aromatic N) is 1. The van der Waals surface area contributed by atoms with E-state index < -0.39 is 28.8 Å². The van der Waals surface area contributed by atoms with E-state index in [0.29, 0.717) is 6.42 Å². The van der Waals surface area contributed by atoms with Crippen molar-refractivity contribution in [3.8, 4) is 5.75 Å². The van der Waals surface area contributed by atoms with Crippen LogP contribution in [0.25, 0.3) is 0 Å². The van der Waals surface area contributed by atoms with Gasteiger partial charge in [-0.05, 0) is 31.0 Å². The summed E-state index contributed by atoms with van der Waals surface area (Å²) in [5.74, 6) is -0.963. The molecular formula is C19H18N2O6. The van der Waals surface area contributed by atoms with Crippen LogP contribution in [0.3, 0.4) is 0 Å². The van der Waals surface area contributed by atoms with E-state index in [1.165, 1.54) is 25.1 Å². The van der Waals surface area contributed by atoms with Crippen LogP contribution in [0.2, 0.25) is 0 Å². The smallest absolute Gasteiger partial charge is 0.313 e. The molecule has 0 unspecified atom stereocenters. The van der Waals surface area contributed by atoms with Crippen LogP contribution >= 0.6 is 0 Å². The first-order valence-corrected chi connectivity index (χ1v) is 8.41. The van der Waals surface area contributed by atoms with Crippen molar-refractivity contribution in [2.24, 2.45) is 5.92 Å². The summed E-state index contributed by atoms with van der Waals surface area (Å²) in [4.78, 5) is 35.0. The van der Waals surface area contributed by atoms with Gasteiger partial charge in [0.2, 0.25) is 0 Å². The number of hydrogen-bond acceptors (Lipinski definition) is 6. The van der Waals surface area contributed by atoms with Gasteiger partial charge in [-0.3, -0.25) is 19.7 Å². The Bertz CT molecular complexity index is 882. The SMILES string of the molecule is C[C@@H](OC(=O)[C@H]1COc2ccccc2C1)C(=O)Nc1ccccc1[N+](=O)[O-]. The Kier molecular flexibility index (Phi) is 5.35. The Labute approximate surface area is 155 Å². The predicted molar refractivity (Wildman–Crippen MR) is 96.4 cm³/mol. The molecule has 8 heteroatoms. The molecule has 0 spiro atoms. The van der Waals surface area contributed by atoms with E-state index in [4.69, 9.17) is 9.47 Å². The third-order valence-electron chi connectivity index (χ3n) is 4.23. The number of fused-ring (bicyclic) bond motifs is 1. The molecule has 27 heavy (non-hydrogen) atoms. The number of nitro benzene ring substituents is 1. The molecule has 1 aliphatic rings. The van der Waals surface area contributed by atoms with E-state index in [1.54, 1.807) is 6.07 Å². The predicted octanol–water partition coefficient (Wildman–Crippen LogP) is 2.72. The number of carbonyl (C=O) groups excluding carboxylic acids is 2. The largest absolute Gasteiger partial charge is 0.492 e. The van der Waals surface area contributed by atoms with Gasteiger partial charge in [-0.2, -0.15) is 0 Å². The summed E-state index contributed by atoms with van der Waals surface area (Å²) in [5.41, 5.74) is 0.717. The molecule has 2 aromatic rings. The van der Waals surface area contributed by atoms with Crippen LogP contribution in [0, 0.1) is 16.0 Å². The summed E-state index contributed by atoms with van der Waals surface area (Å²) in [7, 11) is 0. The Morgan fingerprint density at radius 2 is 1.93 bits per heavy atom. The van der Waals surface area contributed by atoms with Gasteiger partial charge >= 0.3 is 5.97 Å². The Morgan fingerprint density at radius 3 is 2.70 bits per heavy atom. The van der Waals surface area contributed by atoms with Crippen molar-refractivity contribution in [1.82, 2.24) is 0 Å². The first kappa shape index (κ1) is 18.4. The topological polar surface area (TPSA) is 108 Å². The summed E-state index contributed by atoms with van der Waals surface area (Å²) in [6.45, 7) is 1.59. The Hall–Kier alpha value is -3.42. The highest BCUT2D eigenvalue weighted by atomic mass is 16.6. The third kappa shape index (κ3) is 4.22. The van der Waals surface area contributed by atoms with E-state index in [-0.39, 0.29) is 18.0 Å². The highest BCUT2D eigenvalue weighted by Gasteiger charge is 2.30. The van der Waals surface area contributed by atoms with E-state index in [0.717, 1.165) is 11.3 Å². The molecule has 0 fully saturated rings. The number of ether oxygens (including phenoxy) is 2. The van der Waals surface area contributed by atoms with Gasteiger partial charge in [0.1, 0.15) is 18.0 Å². The lowest BCUT2D eigenvalue weighted by Gasteiger charge is -2.25. The molecule has 8 nitrogen and oxygen atoms in total. The van der Waals surface area contributed by atoms with Crippen molar-refractivity contribution >= 4 is 23.3 Å². The van der Waals surface area contributed by atoms with Gasteiger partial charge < -0.3 is 14.8 Å². The zero-order chi connectivity index (χ0) is 19.4. The molecule has 3 rings (SSSR count). The van der Waals surface area contributed by atoms with Crippen LogP contribution < -0.4 is 10.1 Å².